The lowest BCUT2D eigenvalue weighted by molar-refractivity contribution is 0.0977. The van der Waals surface area contributed by atoms with Crippen LogP contribution in [0.5, 0.6) is 5.75 Å². The second-order valence-corrected chi connectivity index (χ2v) is 9.75. The summed E-state index contributed by atoms with van der Waals surface area (Å²) in [7, 11) is 0. The van der Waals surface area contributed by atoms with Crippen LogP contribution in [-0.4, -0.2) is 16.0 Å². The highest BCUT2D eigenvalue weighted by Gasteiger charge is 2.12. The molecular weight excluding hydrogens is 506 g/mol. The molecule has 7 heteroatoms. The molecule has 0 aliphatic heterocycles. The zero-order valence-electron chi connectivity index (χ0n) is 21.8. The Kier molecular flexibility index (Phi) is 7.99. The summed E-state index contributed by atoms with van der Waals surface area (Å²) < 4.78 is 11.8. The molecule has 39 heavy (non-hydrogen) atoms. The first-order valence-corrected chi connectivity index (χ1v) is 13.3. The summed E-state index contributed by atoms with van der Waals surface area (Å²) in [6.07, 6.45) is 1.07. The van der Waals surface area contributed by atoms with E-state index in [1.165, 1.54) is 5.56 Å². The quantitative estimate of drug-likeness (QED) is 0.198. The summed E-state index contributed by atoms with van der Waals surface area (Å²) in [5.41, 5.74) is 6.02. The average molecular weight is 536 g/mol. The fourth-order valence-corrected chi connectivity index (χ4v) is 4.30. The molecule has 0 aliphatic carbocycles. The molecule has 196 valence electrons. The lowest BCUT2D eigenvalue weighted by atomic mass is 9.98. The molecule has 0 unspecified atom stereocenters. The van der Waals surface area contributed by atoms with Crippen molar-refractivity contribution >= 4 is 40.0 Å². The second kappa shape index (κ2) is 11.9. The summed E-state index contributed by atoms with van der Waals surface area (Å²) in [5, 5.41) is 5.97. The number of hydrogen-bond donors (Lipinski definition) is 2. The van der Waals surface area contributed by atoms with E-state index in [4.69, 9.17) is 21.4 Å². The average Bonchev–Trinajstić information content (AvgIpc) is 3.40. The zero-order valence-corrected chi connectivity index (χ0v) is 22.6. The third kappa shape index (κ3) is 6.51. The van der Waals surface area contributed by atoms with Gasteiger partial charge in [-0.2, -0.15) is 0 Å². The molecule has 0 aliphatic rings. The van der Waals surface area contributed by atoms with Crippen molar-refractivity contribution in [1.82, 2.24) is 10.3 Å². The molecule has 0 spiro atoms. The van der Waals surface area contributed by atoms with Gasteiger partial charge < -0.3 is 14.5 Å². The minimum absolute atomic E-state index is 0.205. The van der Waals surface area contributed by atoms with Crippen LogP contribution < -0.4 is 15.4 Å². The number of carbonyl (C=O) groups is 1. The number of anilines is 1. The summed E-state index contributed by atoms with van der Waals surface area (Å²) >= 11 is 5.35. The molecule has 5 aromatic rings. The number of ether oxygens (including phenoxy) is 1. The first-order valence-electron chi connectivity index (χ1n) is 12.9. The van der Waals surface area contributed by atoms with Gasteiger partial charge in [-0.3, -0.25) is 10.1 Å². The number of rotatable bonds is 8. The van der Waals surface area contributed by atoms with Crippen molar-refractivity contribution in [3.63, 3.8) is 0 Å². The SMILES string of the molecule is CC[C@@H](C)c1ccc2oc(-c3ccc(NC(=S)NC(=O)c4ccc(OCc5ccccc5)cc4)cc3)nc2c1. The third-order valence-corrected chi connectivity index (χ3v) is 6.78. The number of nitrogens with one attached hydrogen (secondary N) is 2. The lowest BCUT2D eigenvalue weighted by Crippen LogP contribution is -2.34. The second-order valence-electron chi connectivity index (χ2n) is 9.34. The van der Waals surface area contributed by atoms with Gasteiger partial charge in [0.05, 0.1) is 0 Å². The van der Waals surface area contributed by atoms with Gasteiger partial charge in [0.15, 0.2) is 10.7 Å². The van der Waals surface area contributed by atoms with Crippen molar-refractivity contribution < 1.29 is 13.9 Å². The Balaban J connectivity index is 1.16. The Morgan fingerprint density at radius 2 is 1.72 bits per heavy atom. The smallest absolute Gasteiger partial charge is 0.257 e. The summed E-state index contributed by atoms with van der Waals surface area (Å²) in [4.78, 5) is 17.3. The number of oxazole rings is 1. The number of carbonyl (C=O) groups excluding carboxylic acids is 1. The molecule has 1 heterocycles. The van der Waals surface area contributed by atoms with Crippen molar-refractivity contribution in [2.75, 3.05) is 5.32 Å². The van der Waals surface area contributed by atoms with Gasteiger partial charge in [-0.1, -0.05) is 50.2 Å². The Labute approximate surface area is 233 Å². The highest BCUT2D eigenvalue weighted by molar-refractivity contribution is 7.80. The van der Waals surface area contributed by atoms with Crippen LogP contribution >= 0.6 is 12.2 Å². The van der Waals surface area contributed by atoms with Gasteiger partial charge in [0.25, 0.3) is 5.91 Å². The normalized spacial score (nSPS) is 11.6. The third-order valence-electron chi connectivity index (χ3n) is 6.57. The molecule has 1 atom stereocenters. The molecule has 0 bridgehead atoms. The monoisotopic (exact) mass is 535 g/mol. The summed E-state index contributed by atoms with van der Waals surface area (Å²) in [5.74, 6) is 1.42. The van der Waals surface area contributed by atoms with Crippen molar-refractivity contribution in [1.29, 1.82) is 0 Å². The van der Waals surface area contributed by atoms with Crippen molar-refractivity contribution in [2.24, 2.45) is 0 Å². The van der Waals surface area contributed by atoms with E-state index in [1.807, 2.05) is 60.7 Å². The van der Waals surface area contributed by atoms with Gasteiger partial charge in [-0.25, -0.2) is 4.98 Å². The van der Waals surface area contributed by atoms with Crippen LogP contribution in [-0.2, 0) is 6.61 Å². The number of aromatic nitrogens is 1. The fraction of sp³-hybridized carbons (Fsp3) is 0.156. The first-order chi connectivity index (χ1) is 19.0. The molecule has 6 nitrogen and oxygen atoms in total. The molecule has 0 radical (unpaired) electrons. The van der Waals surface area contributed by atoms with E-state index in [0.717, 1.165) is 34.3 Å². The summed E-state index contributed by atoms with van der Waals surface area (Å²) in [6, 6.07) is 30.6. The zero-order chi connectivity index (χ0) is 27.2. The number of nitrogens with zero attached hydrogens (tertiary/aromatic N) is 1. The summed E-state index contributed by atoms with van der Waals surface area (Å²) in [6.45, 7) is 4.85. The van der Waals surface area contributed by atoms with Crippen LogP contribution in [0.15, 0.2) is 101 Å². The molecule has 1 amide bonds. The number of thiocarbonyl (C=S) groups is 1. The van der Waals surface area contributed by atoms with E-state index in [-0.39, 0.29) is 11.0 Å². The van der Waals surface area contributed by atoms with E-state index in [0.29, 0.717) is 29.7 Å². The molecule has 0 saturated carbocycles. The number of amides is 1. The predicted molar refractivity (Wildman–Crippen MR) is 159 cm³/mol. The maximum Gasteiger partial charge on any atom is 0.257 e. The standard InChI is InChI=1S/C32H29N3O3S/c1-3-21(2)25-13-18-29-28(19-25)34-31(38-29)24-9-14-26(15-10-24)33-32(39)35-30(36)23-11-16-27(17-12-23)37-20-22-7-5-4-6-8-22/h4-19,21H,3,20H2,1-2H3,(H2,33,35,36,39)/t21-/m1/s1. The van der Waals surface area contributed by atoms with Crippen LogP contribution in [0.1, 0.15) is 47.7 Å². The lowest BCUT2D eigenvalue weighted by Gasteiger charge is -2.11. The number of hydrogen-bond acceptors (Lipinski definition) is 5. The van der Waals surface area contributed by atoms with E-state index < -0.39 is 0 Å². The Hall–Kier alpha value is -4.49. The number of fused-ring (bicyclic) bond motifs is 1. The van der Waals surface area contributed by atoms with Crippen LogP contribution in [0.25, 0.3) is 22.6 Å². The maximum atomic E-state index is 12.6. The molecule has 4 aromatic carbocycles. The van der Waals surface area contributed by atoms with E-state index in [1.54, 1.807) is 24.3 Å². The van der Waals surface area contributed by atoms with Crippen molar-refractivity contribution in [3.05, 3.63) is 114 Å². The van der Waals surface area contributed by atoms with Crippen molar-refractivity contribution in [2.45, 2.75) is 32.8 Å². The molecule has 0 fully saturated rings. The van der Waals surface area contributed by atoms with E-state index in [2.05, 4.69) is 41.6 Å². The van der Waals surface area contributed by atoms with E-state index >= 15 is 0 Å². The molecule has 5 rings (SSSR count). The first kappa shape index (κ1) is 26.1. The van der Waals surface area contributed by atoms with Gasteiger partial charge in [0, 0.05) is 16.8 Å². The Morgan fingerprint density at radius 1 is 0.974 bits per heavy atom. The fourth-order valence-electron chi connectivity index (χ4n) is 4.09. The molecule has 1 aromatic heterocycles. The predicted octanol–water partition coefficient (Wildman–Crippen LogP) is 7.71. The van der Waals surface area contributed by atoms with Gasteiger partial charge in [0.2, 0.25) is 5.89 Å². The number of benzene rings is 4. The van der Waals surface area contributed by atoms with Crippen LogP contribution in [0.4, 0.5) is 5.69 Å². The van der Waals surface area contributed by atoms with Crippen molar-refractivity contribution in [3.8, 4) is 17.2 Å². The Bertz CT molecular complexity index is 1580. The van der Waals surface area contributed by atoms with Gasteiger partial charge >= 0.3 is 0 Å². The largest absolute Gasteiger partial charge is 0.489 e. The molecule has 2 N–H and O–H groups in total. The highest BCUT2D eigenvalue weighted by Crippen LogP contribution is 2.28. The minimum Gasteiger partial charge on any atom is -0.489 e. The minimum atomic E-state index is -0.304. The van der Waals surface area contributed by atoms with Gasteiger partial charge in [0.1, 0.15) is 17.9 Å². The molecule has 0 saturated heterocycles. The van der Waals surface area contributed by atoms with Gasteiger partial charge in [-0.15, -0.1) is 0 Å². The van der Waals surface area contributed by atoms with Crippen LogP contribution in [0, 0.1) is 0 Å². The highest BCUT2D eigenvalue weighted by atomic mass is 32.1. The van der Waals surface area contributed by atoms with Crippen LogP contribution in [0.3, 0.4) is 0 Å². The van der Waals surface area contributed by atoms with E-state index in [9.17, 15) is 4.79 Å². The topological polar surface area (TPSA) is 76.4 Å². The molecular formula is C32H29N3O3S. The van der Waals surface area contributed by atoms with Gasteiger partial charge in [-0.05, 0) is 96.3 Å². The Morgan fingerprint density at radius 3 is 2.44 bits per heavy atom. The maximum absolute atomic E-state index is 12.6. The van der Waals surface area contributed by atoms with Crippen LogP contribution in [0.2, 0.25) is 0 Å².